The summed E-state index contributed by atoms with van der Waals surface area (Å²) in [6.07, 6.45) is -0.463. The number of hydrogen-bond donors (Lipinski definition) is 4. The predicted molar refractivity (Wildman–Crippen MR) is 182 cm³/mol. The molecule has 0 spiro atoms. The summed E-state index contributed by atoms with van der Waals surface area (Å²) in [5.74, 6) is 0.888. The van der Waals surface area contributed by atoms with E-state index < -0.39 is 24.2 Å². The SMILES string of the molecule is CNC(=O)c1cc(-c2cccc(CN3O[C@@H](CN)[C@@H]([C@H](C)O)[C@H]3C(=O)N[C@H]3C[C@@H](C)C(C)(C)[C@@H](C)[C@@H]3C)c2OC)cc(N(C)C)c1. The van der Waals surface area contributed by atoms with E-state index in [2.05, 4.69) is 45.3 Å². The van der Waals surface area contributed by atoms with Crippen LogP contribution in [0.1, 0.15) is 63.9 Å². The van der Waals surface area contributed by atoms with Crippen molar-refractivity contribution in [3.63, 3.8) is 0 Å². The summed E-state index contributed by atoms with van der Waals surface area (Å²) < 4.78 is 6.00. The lowest BCUT2D eigenvalue weighted by Crippen LogP contribution is -2.56. The number of para-hydroxylation sites is 1. The van der Waals surface area contributed by atoms with Gasteiger partial charge in [0, 0.05) is 62.0 Å². The fraction of sp³-hybridized carbons (Fsp3) is 0.611. The van der Waals surface area contributed by atoms with Gasteiger partial charge in [-0.25, -0.2) is 0 Å². The smallest absolute Gasteiger partial charge is 0.251 e. The van der Waals surface area contributed by atoms with Crippen LogP contribution in [0.15, 0.2) is 36.4 Å². The molecule has 5 N–H and O–H groups in total. The van der Waals surface area contributed by atoms with Gasteiger partial charge in [0.25, 0.3) is 5.91 Å². The van der Waals surface area contributed by atoms with Gasteiger partial charge in [-0.15, -0.1) is 0 Å². The molecule has 1 saturated heterocycles. The van der Waals surface area contributed by atoms with Crippen LogP contribution in [0.4, 0.5) is 5.69 Å². The number of anilines is 1. The Morgan fingerprint density at radius 1 is 1.20 bits per heavy atom. The summed E-state index contributed by atoms with van der Waals surface area (Å²) in [5, 5.41) is 18.7. The van der Waals surface area contributed by atoms with Crippen LogP contribution in [-0.4, -0.2) is 81.1 Å². The Balaban J connectivity index is 1.70. The Morgan fingerprint density at radius 2 is 1.89 bits per heavy atom. The molecule has 8 atom stereocenters. The highest BCUT2D eigenvalue weighted by molar-refractivity contribution is 5.97. The number of carbonyl (C=O) groups excluding carboxylic acids is 2. The van der Waals surface area contributed by atoms with Crippen molar-refractivity contribution in [2.75, 3.05) is 39.7 Å². The fourth-order valence-electron chi connectivity index (χ4n) is 7.40. The van der Waals surface area contributed by atoms with E-state index in [1.54, 1.807) is 26.1 Å². The summed E-state index contributed by atoms with van der Waals surface area (Å²) in [6, 6.07) is 10.8. The van der Waals surface area contributed by atoms with Crippen LogP contribution in [0.5, 0.6) is 5.75 Å². The van der Waals surface area contributed by atoms with Crippen molar-refractivity contribution < 1.29 is 24.3 Å². The van der Waals surface area contributed by atoms with E-state index in [9.17, 15) is 14.7 Å². The molecule has 0 unspecified atom stereocenters. The molecular formula is C36H55N5O5. The van der Waals surface area contributed by atoms with Gasteiger partial charge in [0.2, 0.25) is 5.91 Å². The second-order valence-corrected chi connectivity index (χ2v) is 14.2. The molecule has 10 heteroatoms. The maximum atomic E-state index is 14.2. The average Bonchev–Trinajstić information content (AvgIpc) is 3.40. The van der Waals surface area contributed by atoms with Crippen molar-refractivity contribution in [3.05, 3.63) is 47.5 Å². The first-order valence-electron chi connectivity index (χ1n) is 16.5. The van der Waals surface area contributed by atoms with Crippen molar-refractivity contribution in [3.8, 4) is 16.9 Å². The predicted octanol–water partition coefficient (Wildman–Crippen LogP) is 4.05. The molecule has 2 aliphatic rings. The number of benzene rings is 2. The second-order valence-electron chi connectivity index (χ2n) is 14.2. The van der Waals surface area contributed by atoms with Crippen LogP contribution in [-0.2, 0) is 16.2 Å². The quantitative estimate of drug-likeness (QED) is 0.307. The molecule has 2 aromatic carbocycles. The van der Waals surface area contributed by atoms with Crippen molar-refractivity contribution in [1.29, 1.82) is 0 Å². The third-order valence-electron chi connectivity index (χ3n) is 11.1. The molecule has 0 radical (unpaired) electrons. The first-order valence-corrected chi connectivity index (χ1v) is 16.5. The Kier molecular flexibility index (Phi) is 11.1. The van der Waals surface area contributed by atoms with Crippen molar-refractivity contribution >= 4 is 17.5 Å². The number of rotatable bonds is 10. The number of hydrogen-bond acceptors (Lipinski definition) is 8. The lowest BCUT2D eigenvalue weighted by atomic mass is 9.58. The van der Waals surface area contributed by atoms with Crippen LogP contribution < -0.4 is 26.0 Å². The van der Waals surface area contributed by atoms with Gasteiger partial charge in [-0.05, 0) is 60.3 Å². The standard InChI is InChI=1S/C36H55N5O5/c1-20-14-29(21(2)22(3)36(20,5)6)39-35(44)32-31(23(4)42)30(18-37)46-41(32)19-24-12-11-13-28(33(24)45-10)25-15-26(34(43)38-7)17-27(16-25)40(8)9/h11-13,15-17,20-23,29-32,42H,14,18-19,37H2,1-10H3,(H,38,43)(H,39,44)/t20-,21+,22+,23+,29+,30+,31-,32+/m1/s1. The number of hydroxylamine groups is 2. The number of nitrogens with two attached hydrogens (primary N) is 1. The van der Waals surface area contributed by atoms with E-state index in [1.807, 2.05) is 55.4 Å². The van der Waals surface area contributed by atoms with Gasteiger partial charge in [-0.3, -0.25) is 14.4 Å². The van der Waals surface area contributed by atoms with Crippen LogP contribution in [0.2, 0.25) is 0 Å². The van der Waals surface area contributed by atoms with Crippen LogP contribution in [0.3, 0.4) is 0 Å². The lowest BCUT2D eigenvalue weighted by molar-refractivity contribution is -0.174. The summed E-state index contributed by atoms with van der Waals surface area (Å²) in [7, 11) is 7.08. The fourth-order valence-corrected chi connectivity index (χ4v) is 7.40. The highest BCUT2D eigenvalue weighted by atomic mass is 16.7. The van der Waals surface area contributed by atoms with E-state index in [0.29, 0.717) is 23.1 Å². The van der Waals surface area contributed by atoms with Gasteiger partial charge in [-0.2, -0.15) is 5.06 Å². The Hall–Kier alpha value is -3.18. The van der Waals surface area contributed by atoms with Gasteiger partial charge in [0.1, 0.15) is 11.8 Å². The van der Waals surface area contributed by atoms with Gasteiger partial charge in [-0.1, -0.05) is 52.8 Å². The van der Waals surface area contributed by atoms with E-state index >= 15 is 0 Å². The molecule has 46 heavy (non-hydrogen) atoms. The molecule has 4 rings (SSSR count). The molecule has 10 nitrogen and oxygen atoms in total. The number of carbonyl (C=O) groups is 2. The zero-order valence-electron chi connectivity index (χ0n) is 29.3. The first kappa shape index (κ1) is 35.7. The molecule has 2 fully saturated rings. The van der Waals surface area contributed by atoms with Crippen molar-refractivity contribution in [1.82, 2.24) is 15.7 Å². The number of nitrogens with zero attached hydrogens (tertiary/aromatic N) is 2. The highest BCUT2D eigenvalue weighted by Gasteiger charge is 2.51. The van der Waals surface area contributed by atoms with Gasteiger partial charge >= 0.3 is 0 Å². The number of methoxy groups -OCH3 is 1. The monoisotopic (exact) mass is 637 g/mol. The van der Waals surface area contributed by atoms with Gasteiger partial charge in [0.15, 0.2) is 0 Å². The van der Waals surface area contributed by atoms with E-state index in [-0.39, 0.29) is 42.3 Å². The summed E-state index contributed by atoms with van der Waals surface area (Å²) in [5.41, 5.74) is 10.1. The second kappa shape index (κ2) is 14.3. The van der Waals surface area contributed by atoms with Crippen LogP contribution in [0.25, 0.3) is 11.1 Å². The van der Waals surface area contributed by atoms with Crippen LogP contribution in [0, 0.1) is 29.1 Å². The minimum Gasteiger partial charge on any atom is -0.496 e. The largest absolute Gasteiger partial charge is 0.496 e. The number of ether oxygens (including phenoxy) is 1. The zero-order valence-corrected chi connectivity index (χ0v) is 29.3. The number of aliphatic hydroxyl groups is 1. The minimum absolute atomic E-state index is 0.00954. The molecule has 1 heterocycles. The lowest BCUT2D eigenvalue weighted by Gasteiger charge is -2.50. The Morgan fingerprint density at radius 3 is 2.48 bits per heavy atom. The van der Waals surface area contributed by atoms with E-state index in [4.69, 9.17) is 15.3 Å². The van der Waals surface area contributed by atoms with Crippen LogP contribution >= 0.6 is 0 Å². The van der Waals surface area contributed by atoms with E-state index in [1.165, 1.54) is 0 Å². The summed E-state index contributed by atoms with van der Waals surface area (Å²) >= 11 is 0. The Bertz CT molecular complexity index is 1390. The third-order valence-corrected chi connectivity index (χ3v) is 11.1. The molecule has 254 valence electrons. The van der Waals surface area contributed by atoms with Crippen molar-refractivity contribution in [2.24, 2.45) is 34.8 Å². The molecule has 0 aromatic heterocycles. The molecular weight excluding hydrogens is 582 g/mol. The summed E-state index contributed by atoms with van der Waals surface area (Å²) in [4.78, 5) is 35.2. The number of amides is 2. The summed E-state index contributed by atoms with van der Waals surface area (Å²) in [6.45, 7) is 13.5. The molecule has 1 aliphatic heterocycles. The first-order chi connectivity index (χ1) is 21.7. The zero-order chi connectivity index (χ0) is 34.1. The van der Waals surface area contributed by atoms with Gasteiger partial charge < -0.3 is 31.1 Å². The molecule has 2 aromatic rings. The van der Waals surface area contributed by atoms with Gasteiger partial charge in [0.05, 0.1) is 25.9 Å². The minimum atomic E-state index is -0.819. The molecule has 2 amide bonds. The Labute approximate surface area is 274 Å². The average molecular weight is 638 g/mol. The molecule has 1 saturated carbocycles. The number of aliphatic hydroxyl groups excluding tert-OH is 1. The highest BCUT2D eigenvalue weighted by Crippen LogP contribution is 2.47. The van der Waals surface area contributed by atoms with Crippen molar-refractivity contribution in [2.45, 2.75) is 78.8 Å². The topological polar surface area (TPSA) is 129 Å². The third kappa shape index (κ3) is 6.90. The molecule has 1 aliphatic carbocycles. The maximum Gasteiger partial charge on any atom is 0.251 e. The number of nitrogens with one attached hydrogen (secondary N) is 2. The normalized spacial score (nSPS) is 28.4. The van der Waals surface area contributed by atoms with E-state index in [0.717, 1.165) is 28.8 Å². The maximum absolute atomic E-state index is 14.2. The molecule has 0 bridgehead atoms.